The molecule has 2 aromatic carbocycles. The summed E-state index contributed by atoms with van der Waals surface area (Å²) in [6, 6.07) is 6.87. The van der Waals surface area contributed by atoms with Crippen molar-refractivity contribution in [2.24, 2.45) is 22.9 Å². The maximum absolute atomic E-state index is 10.9. The molecule has 0 aliphatic carbocycles. The fraction of sp³-hybridized carbons (Fsp3) is 0.551. The van der Waals surface area contributed by atoms with E-state index in [4.69, 9.17) is 66.6 Å². The number of nitro benzene ring substituents is 2. The predicted molar refractivity (Wildman–Crippen MR) is 308 cm³/mol. The number of benzene rings is 2. The van der Waals surface area contributed by atoms with Crippen molar-refractivity contribution >= 4 is 95.1 Å². The van der Waals surface area contributed by atoms with E-state index in [1.54, 1.807) is 0 Å². The number of nitro groups is 2. The number of carbonyl (C=O) groups excluding carboxylic acids is 6. The van der Waals surface area contributed by atoms with Gasteiger partial charge in [-0.15, -0.1) is 23.2 Å². The molecule has 16 N–H and O–H groups in total. The molecule has 38 heteroatoms. The first kappa shape index (κ1) is 86.9. The SMILES string of the molecule is COC(=O)NCCCCC(N)C(=O)O.COC(=O)NCCCCC(N)C(=O)O.COC(=O)NCCCCC(NC(=O)OC)C(=O)O.COC(=O)Oc1ccc([N+](=O)[O-])cc1.COC(=O)Oc1ccc([N+](=O)[O-])cc1.ClCCl.NCCCCC(N)C(=O)O. The number of alkyl carbamates (subject to hydrolysis) is 4. The third kappa shape index (κ3) is 56.1. The first-order valence-corrected chi connectivity index (χ1v) is 26.4. The van der Waals surface area contributed by atoms with Crippen LogP contribution in [0.5, 0.6) is 11.5 Å². The molecule has 36 nitrogen and oxygen atoms in total. The average molecular weight is 1300 g/mol. The number of hydrogen-bond donors (Lipinski definition) is 12. The van der Waals surface area contributed by atoms with Crippen molar-refractivity contribution < 1.29 is 116 Å². The number of non-ortho nitro benzene ring substituents is 2. The summed E-state index contributed by atoms with van der Waals surface area (Å²) in [5, 5.41) is 64.4. The summed E-state index contributed by atoms with van der Waals surface area (Å²) in [7, 11) is 7.34. The largest absolute Gasteiger partial charge is 0.513 e. The fourth-order valence-corrected chi connectivity index (χ4v) is 5.12. The molecule has 0 heterocycles. The third-order valence-corrected chi connectivity index (χ3v) is 9.69. The number of unbranched alkanes of at least 4 members (excludes halogenated alkanes) is 4. The Balaban J connectivity index is -0.000000308. The number of nitrogens with two attached hydrogens (primary N) is 4. The van der Waals surface area contributed by atoms with Crippen LogP contribution < -0.4 is 53.7 Å². The molecule has 4 amide bonds. The van der Waals surface area contributed by atoms with Crippen molar-refractivity contribution in [1.82, 2.24) is 21.3 Å². The van der Waals surface area contributed by atoms with Crippen LogP contribution in [0, 0.1) is 20.2 Å². The van der Waals surface area contributed by atoms with Crippen LogP contribution in [0.25, 0.3) is 0 Å². The lowest BCUT2D eigenvalue weighted by molar-refractivity contribution is -0.385. The van der Waals surface area contributed by atoms with Crippen LogP contribution in [0.1, 0.15) is 77.0 Å². The predicted octanol–water partition coefficient (Wildman–Crippen LogP) is 4.60. The summed E-state index contributed by atoms with van der Waals surface area (Å²) in [5.41, 5.74) is 20.8. The summed E-state index contributed by atoms with van der Waals surface area (Å²) >= 11 is 9.53. The molecule has 0 spiro atoms. The molecule has 2 aromatic rings. The van der Waals surface area contributed by atoms with Gasteiger partial charge in [-0.3, -0.25) is 34.6 Å². The Kier molecular flexibility index (Phi) is 57.5. The van der Waals surface area contributed by atoms with Gasteiger partial charge in [-0.2, -0.15) is 0 Å². The van der Waals surface area contributed by atoms with Gasteiger partial charge < -0.3 is 103 Å². The van der Waals surface area contributed by atoms with E-state index in [9.17, 15) is 68.2 Å². The summed E-state index contributed by atoms with van der Waals surface area (Å²) in [4.78, 5) is 125. The van der Waals surface area contributed by atoms with E-state index in [-0.39, 0.29) is 34.6 Å². The molecular formula is C49H80Cl2N10O26. The van der Waals surface area contributed by atoms with Gasteiger partial charge in [-0.1, -0.05) is 6.42 Å². The topological polar surface area (TPSA) is 564 Å². The summed E-state index contributed by atoms with van der Waals surface area (Å²) in [6.45, 7) is 1.93. The van der Waals surface area contributed by atoms with E-state index < -0.39 is 94.6 Å². The zero-order valence-corrected chi connectivity index (χ0v) is 50.2. The second-order valence-electron chi connectivity index (χ2n) is 16.1. The monoisotopic (exact) mass is 1290 g/mol. The van der Waals surface area contributed by atoms with Crippen LogP contribution in [0.4, 0.5) is 40.1 Å². The zero-order valence-electron chi connectivity index (χ0n) is 48.7. The van der Waals surface area contributed by atoms with Crippen LogP contribution >= 0.6 is 23.2 Å². The van der Waals surface area contributed by atoms with E-state index in [1.165, 1.54) is 84.1 Å². The molecule has 0 saturated carbocycles. The normalized spacial score (nSPS) is 10.8. The Morgan fingerprint density at radius 3 is 0.966 bits per heavy atom. The molecule has 0 aliphatic heterocycles. The maximum Gasteiger partial charge on any atom is 0.513 e. The fourth-order valence-electron chi connectivity index (χ4n) is 5.12. The van der Waals surface area contributed by atoms with E-state index in [1.807, 2.05) is 0 Å². The van der Waals surface area contributed by atoms with Gasteiger partial charge >= 0.3 is 60.6 Å². The Bertz CT molecular complexity index is 2180. The van der Waals surface area contributed by atoms with Gasteiger partial charge in [0.15, 0.2) is 0 Å². The second-order valence-corrected chi connectivity index (χ2v) is 16.9. The first-order chi connectivity index (χ1) is 41.0. The van der Waals surface area contributed by atoms with Crippen LogP contribution in [0.2, 0.25) is 0 Å². The number of carboxylic acid groups (broad SMARTS) is 4. The van der Waals surface area contributed by atoms with Crippen LogP contribution in [-0.2, 0) is 47.6 Å². The number of aliphatic carboxylic acids is 4. The van der Waals surface area contributed by atoms with Gasteiger partial charge in [0.2, 0.25) is 0 Å². The average Bonchev–Trinajstić information content (AvgIpc) is 3.69. The lowest BCUT2D eigenvalue weighted by Crippen LogP contribution is -2.40. The minimum absolute atomic E-state index is 0.0674. The summed E-state index contributed by atoms with van der Waals surface area (Å²) in [5.74, 6) is -3.65. The number of alkyl halides is 2. The number of rotatable bonds is 28. The minimum atomic E-state index is -1.12. The highest BCUT2D eigenvalue weighted by atomic mass is 35.5. The standard InChI is InChI=1S/C10H18N2O6.2C8H16N2O4.2C8H7NO5.C6H14N2O2.CH2Cl2/c1-17-9(15)11-6-4-3-5-7(8(13)14)12-10(16)18-2;2*1-14-8(13)10-5-3-2-4-6(9)7(11)12;2*1-13-8(10)14-7-4-2-6(3-5-7)9(11)12;7-4-2-1-3-5(8)6(9)10;2-1-3/h7H,3-6H2,1-2H3,(H,11,15)(H,12,16)(H,13,14);2*6H,2-5,9H2,1H3,(H,10,13)(H,11,12);2*2-5H,1H3;5H,1-4,7-8H2,(H,9,10);1H2. The quantitative estimate of drug-likeness (QED) is 0.0105. The number of amides is 4. The van der Waals surface area contributed by atoms with E-state index in [2.05, 4.69) is 59.2 Å². The number of nitrogens with zero attached hydrogens (tertiary/aromatic N) is 2. The number of carbonyl (C=O) groups is 10. The second kappa shape index (κ2) is 57.6. The van der Waals surface area contributed by atoms with Crippen LogP contribution in [-0.4, -0.2) is 189 Å². The number of methoxy groups -OCH3 is 6. The Labute approximate surface area is 509 Å². The Morgan fingerprint density at radius 1 is 0.460 bits per heavy atom. The molecule has 0 aliphatic rings. The molecule has 0 bridgehead atoms. The molecule has 4 atom stereocenters. The summed E-state index contributed by atoms with van der Waals surface area (Å²) in [6.07, 6.45) is 3.08. The highest BCUT2D eigenvalue weighted by Crippen LogP contribution is 2.18. The summed E-state index contributed by atoms with van der Waals surface area (Å²) < 4.78 is 35.1. The molecule has 0 fully saturated rings. The van der Waals surface area contributed by atoms with Crippen molar-refractivity contribution in [2.45, 2.75) is 101 Å². The third-order valence-electron chi connectivity index (χ3n) is 9.69. The van der Waals surface area contributed by atoms with Gasteiger partial charge in [-0.05, 0) is 101 Å². The van der Waals surface area contributed by atoms with Crippen molar-refractivity contribution in [3.8, 4) is 11.5 Å². The zero-order chi connectivity index (χ0) is 67.7. The van der Waals surface area contributed by atoms with Gasteiger partial charge in [0.05, 0.1) is 57.8 Å². The molecular weight excluding hydrogens is 1220 g/mol. The minimum Gasteiger partial charge on any atom is -0.480 e. The van der Waals surface area contributed by atoms with E-state index in [0.717, 1.165) is 20.0 Å². The van der Waals surface area contributed by atoms with E-state index >= 15 is 0 Å². The lowest BCUT2D eigenvalue weighted by atomic mass is 10.1. The number of carboxylic acids is 4. The van der Waals surface area contributed by atoms with E-state index in [0.29, 0.717) is 84.0 Å². The number of ether oxygens (including phenoxy) is 8. The first-order valence-electron chi connectivity index (χ1n) is 25.3. The lowest BCUT2D eigenvalue weighted by Gasteiger charge is -2.13. The highest BCUT2D eigenvalue weighted by Gasteiger charge is 2.20. The Morgan fingerprint density at radius 2 is 0.736 bits per heavy atom. The van der Waals surface area contributed by atoms with Crippen LogP contribution in [0.15, 0.2) is 48.5 Å². The Hall–Kier alpha value is -8.84. The van der Waals surface area contributed by atoms with Crippen molar-refractivity contribution in [3.63, 3.8) is 0 Å². The highest BCUT2D eigenvalue weighted by molar-refractivity contribution is 6.40. The molecule has 0 saturated heterocycles. The van der Waals surface area contributed by atoms with Crippen LogP contribution in [0.3, 0.4) is 0 Å². The molecule has 2 rings (SSSR count). The van der Waals surface area contributed by atoms with Crippen molar-refractivity contribution in [1.29, 1.82) is 0 Å². The molecule has 87 heavy (non-hydrogen) atoms. The molecule has 4 unspecified atom stereocenters. The van der Waals surface area contributed by atoms with Gasteiger partial charge in [0, 0.05) is 43.9 Å². The molecule has 496 valence electrons. The maximum atomic E-state index is 10.9. The molecule has 0 aromatic heterocycles. The van der Waals surface area contributed by atoms with Gasteiger partial charge in [-0.25, -0.2) is 33.6 Å². The van der Waals surface area contributed by atoms with Gasteiger partial charge in [0.1, 0.15) is 35.7 Å². The smallest absolute Gasteiger partial charge is 0.480 e. The number of hydrogen-bond acceptors (Lipinski definition) is 26. The van der Waals surface area contributed by atoms with Gasteiger partial charge in [0.25, 0.3) is 11.4 Å². The number of nitrogens with one attached hydrogen (secondary N) is 4. The molecule has 0 radical (unpaired) electrons. The van der Waals surface area contributed by atoms with Crippen molar-refractivity contribution in [2.75, 3.05) is 74.2 Å². The van der Waals surface area contributed by atoms with Crippen molar-refractivity contribution in [3.05, 3.63) is 68.8 Å². The number of halogens is 2.